The van der Waals surface area contributed by atoms with E-state index in [0.717, 1.165) is 25.9 Å². The fraction of sp³-hybridized carbons (Fsp3) is 0.917. The summed E-state index contributed by atoms with van der Waals surface area (Å²) in [6.45, 7) is 8.58. The lowest BCUT2D eigenvalue weighted by Gasteiger charge is -2.33. The van der Waals surface area contributed by atoms with Crippen LogP contribution in [-0.4, -0.2) is 23.9 Å². The zero-order valence-corrected chi connectivity index (χ0v) is 9.75. The van der Waals surface area contributed by atoms with E-state index in [1.165, 1.54) is 12.8 Å². The smallest absolute Gasteiger partial charge is 0.222 e. The molecule has 0 saturated carbocycles. The molecule has 1 atom stereocenters. The molecule has 1 saturated heterocycles. The normalized spacial score (nSPS) is 23.3. The molecule has 14 heavy (non-hydrogen) atoms. The highest BCUT2D eigenvalue weighted by Gasteiger charge is 2.26. The fourth-order valence-corrected chi connectivity index (χ4v) is 2.06. The molecule has 2 heteroatoms. The number of unbranched alkanes of at least 4 members (excludes halogenated alkanes) is 1. The second kappa shape index (κ2) is 5.38. The molecule has 1 rings (SSSR count). The van der Waals surface area contributed by atoms with Gasteiger partial charge < -0.3 is 4.90 Å². The molecule has 0 aliphatic carbocycles. The molecule has 2 nitrogen and oxygen atoms in total. The summed E-state index contributed by atoms with van der Waals surface area (Å²) in [6.07, 6.45) is 4.31. The second-order valence-electron chi connectivity index (χ2n) is 4.73. The second-order valence-corrected chi connectivity index (χ2v) is 4.73. The van der Waals surface area contributed by atoms with Gasteiger partial charge in [-0.1, -0.05) is 27.2 Å². The molecule has 1 fully saturated rings. The van der Waals surface area contributed by atoms with E-state index in [0.29, 0.717) is 17.7 Å². The number of hydrogen-bond donors (Lipinski definition) is 0. The summed E-state index contributed by atoms with van der Waals surface area (Å²) >= 11 is 0. The maximum Gasteiger partial charge on any atom is 0.222 e. The molecule has 1 heterocycles. The number of rotatable bonds is 4. The maximum atomic E-state index is 11.7. The van der Waals surface area contributed by atoms with Crippen LogP contribution in [0.2, 0.25) is 0 Å². The van der Waals surface area contributed by atoms with Gasteiger partial charge in [0.05, 0.1) is 0 Å². The van der Waals surface area contributed by atoms with Gasteiger partial charge in [0.2, 0.25) is 5.91 Å². The summed E-state index contributed by atoms with van der Waals surface area (Å²) in [7, 11) is 0. The molecule has 1 amide bonds. The molecule has 0 aromatic rings. The monoisotopic (exact) mass is 197 g/mol. The highest BCUT2D eigenvalue weighted by Crippen LogP contribution is 2.25. The molecule has 82 valence electrons. The Morgan fingerprint density at radius 2 is 2.21 bits per heavy atom. The molecule has 0 N–H and O–H groups in total. The lowest BCUT2D eigenvalue weighted by molar-refractivity contribution is -0.135. The third-order valence-corrected chi connectivity index (χ3v) is 3.28. The Labute approximate surface area is 87.7 Å². The van der Waals surface area contributed by atoms with Crippen molar-refractivity contribution in [2.75, 3.05) is 13.1 Å². The van der Waals surface area contributed by atoms with Gasteiger partial charge in [-0.25, -0.2) is 0 Å². The Kier molecular flexibility index (Phi) is 4.43. The van der Waals surface area contributed by atoms with Crippen molar-refractivity contribution >= 4 is 5.91 Å². The number of piperidine rings is 1. The Morgan fingerprint density at radius 1 is 1.50 bits per heavy atom. The van der Waals surface area contributed by atoms with Gasteiger partial charge in [0.1, 0.15) is 0 Å². The van der Waals surface area contributed by atoms with E-state index in [2.05, 4.69) is 20.8 Å². The van der Waals surface area contributed by atoms with Crippen LogP contribution in [0.4, 0.5) is 0 Å². The highest BCUT2D eigenvalue weighted by atomic mass is 16.2. The summed E-state index contributed by atoms with van der Waals surface area (Å²) in [5.41, 5.74) is 0. The van der Waals surface area contributed by atoms with Crippen molar-refractivity contribution in [3.63, 3.8) is 0 Å². The van der Waals surface area contributed by atoms with Gasteiger partial charge in [-0.3, -0.25) is 4.79 Å². The average molecular weight is 197 g/mol. The van der Waals surface area contributed by atoms with Crippen molar-refractivity contribution in [2.24, 2.45) is 11.8 Å². The quantitative estimate of drug-likeness (QED) is 0.678. The van der Waals surface area contributed by atoms with E-state index in [4.69, 9.17) is 0 Å². The van der Waals surface area contributed by atoms with Crippen LogP contribution in [-0.2, 0) is 4.79 Å². The van der Waals surface area contributed by atoms with Crippen molar-refractivity contribution in [2.45, 2.75) is 46.5 Å². The maximum absolute atomic E-state index is 11.7. The minimum atomic E-state index is 0.378. The van der Waals surface area contributed by atoms with E-state index < -0.39 is 0 Å². The van der Waals surface area contributed by atoms with Crippen LogP contribution in [0.3, 0.4) is 0 Å². The Hall–Kier alpha value is -0.530. The minimum absolute atomic E-state index is 0.378. The first-order valence-electron chi connectivity index (χ1n) is 5.93. The molecule has 0 spiro atoms. The van der Waals surface area contributed by atoms with Crippen molar-refractivity contribution in [3.8, 4) is 0 Å². The number of nitrogens with zero attached hydrogens (tertiary/aromatic N) is 1. The van der Waals surface area contributed by atoms with Crippen LogP contribution in [0.1, 0.15) is 46.5 Å². The summed E-state index contributed by atoms with van der Waals surface area (Å²) in [5, 5.41) is 0. The zero-order chi connectivity index (χ0) is 10.6. The number of likely N-dealkylation sites (tertiary alicyclic amines) is 1. The van der Waals surface area contributed by atoms with Gasteiger partial charge in [-0.05, 0) is 24.7 Å². The number of hydrogen-bond acceptors (Lipinski definition) is 1. The van der Waals surface area contributed by atoms with Crippen molar-refractivity contribution in [1.29, 1.82) is 0 Å². The molecule has 0 radical (unpaired) electrons. The molecule has 0 aromatic carbocycles. The highest BCUT2D eigenvalue weighted by molar-refractivity contribution is 5.77. The van der Waals surface area contributed by atoms with Crippen molar-refractivity contribution in [1.82, 2.24) is 4.90 Å². The average Bonchev–Trinajstić information content (AvgIpc) is 2.15. The lowest BCUT2D eigenvalue weighted by atomic mass is 9.86. The van der Waals surface area contributed by atoms with Crippen LogP contribution >= 0.6 is 0 Å². The topological polar surface area (TPSA) is 20.3 Å². The van der Waals surface area contributed by atoms with Crippen molar-refractivity contribution in [3.05, 3.63) is 0 Å². The van der Waals surface area contributed by atoms with Gasteiger partial charge >= 0.3 is 0 Å². The SMILES string of the molecule is CCCCN1CCC(C(C)C)CC1=O. The Balaban J connectivity index is 2.36. The van der Waals surface area contributed by atoms with E-state index in [-0.39, 0.29) is 0 Å². The van der Waals surface area contributed by atoms with Gasteiger partial charge in [0.25, 0.3) is 0 Å². The molecule has 1 unspecified atom stereocenters. The molecular formula is C12H23NO. The predicted molar refractivity (Wildman–Crippen MR) is 59.1 cm³/mol. The van der Waals surface area contributed by atoms with E-state index >= 15 is 0 Å². The zero-order valence-electron chi connectivity index (χ0n) is 9.75. The fourth-order valence-electron chi connectivity index (χ4n) is 2.06. The number of amides is 1. The van der Waals surface area contributed by atoms with E-state index in [9.17, 15) is 4.79 Å². The molecule has 0 bridgehead atoms. The summed E-state index contributed by atoms with van der Waals surface area (Å²) < 4.78 is 0. The van der Waals surface area contributed by atoms with Gasteiger partial charge in [-0.15, -0.1) is 0 Å². The van der Waals surface area contributed by atoms with Crippen LogP contribution in [0.25, 0.3) is 0 Å². The third-order valence-electron chi connectivity index (χ3n) is 3.28. The van der Waals surface area contributed by atoms with E-state index in [1.807, 2.05) is 4.90 Å². The Bertz CT molecular complexity index is 189. The summed E-state index contributed by atoms with van der Waals surface area (Å²) in [6, 6.07) is 0. The molecule has 1 aliphatic rings. The van der Waals surface area contributed by atoms with E-state index in [1.54, 1.807) is 0 Å². The van der Waals surface area contributed by atoms with Gasteiger partial charge in [0.15, 0.2) is 0 Å². The lowest BCUT2D eigenvalue weighted by Crippen LogP contribution is -2.40. The Morgan fingerprint density at radius 3 is 2.71 bits per heavy atom. The standard InChI is InChI=1S/C12H23NO/c1-4-5-7-13-8-6-11(10(2)3)9-12(13)14/h10-11H,4-9H2,1-3H3. The predicted octanol–water partition coefficient (Wildman–Crippen LogP) is 2.68. The van der Waals surface area contributed by atoms with Crippen LogP contribution in [0.5, 0.6) is 0 Å². The number of carbonyl (C=O) groups excluding carboxylic acids is 1. The van der Waals surface area contributed by atoms with Crippen LogP contribution in [0.15, 0.2) is 0 Å². The van der Waals surface area contributed by atoms with Crippen molar-refractivity contribution < 1.29 is 4.79 Å². The summed E-state index contributed by atoms with van der Waals surface area (Å²) in [4.78, 5) is 13.8. The summed E-state index contributed by atoms with van der Waals surface area (Å²) in [5.74, 6) is 1.66. The molecular weight excluding hydrogens is 174 g/mol. The first-order chi connectivity index (χ1) is 6.65. The molecule has 0 aromatic heterocycles. The van der Waals surface area contributed by atoms with Gasteiger partial charge in [0, 0.05) is 19.5 Å². The van der Waals surface area contributed by atoms with Crippen LogP contribution < -0.4 is 0 Å². The van der Waals surface area contributed by atoms with Crippen LogP contribution in [0, 0.1) is 11.8 Å². The number of carbonyl (C=O) groups is 1. The van der Waals surface area contributed by atoms with Gasteiger partial charge in [-0.2, -0.15) is 0 Å². The third kappa shape index (κ3) is 3.00. The molecule has 1 aliphatic heterocycles. The largest absolute Gasteiger partial charge is 0.343 e. The minimum Gasteiger partial charge on any atom is -0.343 e. The first kappa shape index (κ1) is 11.5. The first-order valence-corrected chi connectivity index (χ1v) is 5.93.